The molecule has 4 aromatic rings. The summed E-state index contributed by atoms with van der Waals surface area (Å²) in [5, 5.41) is 6.13. The van der Waals surface area contributed by atoms with Gasteiger partial charge in [0.15, 0.2) is 0 Å². The van der Waals surface area contributed by atoms with Crippen LogP contribution in [0.2, 0.25) is 0 Å². The highest BCUT2D eigenvalue weighted by Crippen LogP contribution is 2.29. The Balaban J connectivity index is 0.00000204. The van der Waals surface area contributed by atoms with Gasteiger partial charge in [0.25, 0.3) is 0 Å². The second-order valence-electron chi connectivity index (χ2n) is 7.56. The van der Waals surface area contributed by atoms with Crippen LogP contribution in [0.4, 0.5) is 11.4 Å². The van der Waals surface area contributed by atoms with Crippen LogP contribution in [0, 0.1) is 0 Å². The van der Waals surface area contributed by atoms with Crippen LogP contribution in [-0.2, 0) is 4.79 Å². The summed E-state index contributed by atoms with van der Waals surface area (Å²) in [4.78, 5) is 17.3. The molecule has 0 aliphatic heterocycles. The van der Waals surface area contributed by atoms with Gasteiger partial charge in [-0.2, -0.15) is 0 Å². The lowest BCUT2D eigenvalue weighted by Gasteiger charge is -2.24. The molecule has 8 heteroatoms. The van der Waals surface area contributed by atoms with Gasteiger partial charge in [0.2, 0.25) is 5.91 Å². The zero-order valence-electron chi connectivity index (χ0n) is 19.1. The van der Waals surface area contributed by atoms with Crippen molar-refractivity contribution in [3.05, 3.63) is 115 Å². The molecule has 1 aromatic heterocycles. The van der Waals surface area contributed by atoms with E-state index in [1.165, 1.54) is 0 Å². The lowest BCUT2D eigenvalue weighted by Crippen LogP contribution is -2.41. The third kappa shape index (κ3) is 7.20. The van der Waals surface area contributed by atoms with Crippen molar-refractivity contribution in [3.8, 4) is 11.1 Å². The van der Waals surface area contributed by atoms with E-state index in [9.17, 15) is 4.79 Å². The molecule has 0 fully saturated rings. The predicted molar refractivity (Wildman–Crippen MR) is 152 cm³/mol. The molecule has 184 valence electrons. The number of aromatic nitrogens is 1. The lowest BCUT2D eigenvalue weighted by molar-refractivity contribution is -0.117. The maximum Gasteiger partial charge on any atom is 0.242 e. The van der Waals surface area contributed by atoms with Crippen molar-refractivity contribution >= 4 is 54.5 Å². The number of anilines is 2. The molecule has 0 spiro atoms. The van der Waals surface area contributed by atoms with Crippen molar-refractivity contribution in [2.45, 2.75) is 12.0 Å². The van der Waals surface area contributed by atoms with Gasteiger partial charge in [-0.25, -0.2) is 0 Å². The standard InChI is InChI=1S/C27H26N4O.3ClH/c1-29-24-18-30-17-16-23(24)19-12-14-22(15-13-19)31-27(32)26(28)25(20-8-4-2-5-9-20)21-10-6-3-7-11-21;;;/h2-18,25-26,29H,28H2,1H3,(H,31,32);3*1H. The van der Waals surface area contributed by atoms with E-state index < -0.39 is 6.04 Å². The summed E-state index contributed by atoms with van der Waals surface area (Å²) in [6.45, 7) is 0. The third-order valence-electron chi connectivity index (χ3n) is 5.53. The number of benzene rings is 3. The number of hydrogen-bond acceptors (Lipinski definition) is 4. The minimum Gasteiger partial charge on any atom is -0.386 e. The molecule has 0 radical (unpaired) electrons. The zero-order valence-corrected chi connectivity index (χ0v) is 21.6. The first kappa shape index (κ1) is 29.9. The van der Waals surface area contributed by atoms with Crippen molar-refractivity contribution in [2.75, 3.05) is 17.7 Å². The maximum absolute atomic E-state index is 13.1. The number of pyridine rings is 1. The first-order valence-corrected chi connectivity index (χ1v) is 10.6. The number of nitrogens with zero attached hydrogens (tertiary/aromatic N) is 1. The molecule has 0 saturated carbocycles. The molecular formula is C27H29Cl3N4O. The number of carbonyl (C=O) groups is 1. The number of nitrogens with one attached hydrogen (secondary N) is 2. The van der Waals surface area contributed by atoms with Crippen molar-refractivity contribution in [3.63, 3.8) is 0 Å². The van der Waals surface area contributed by atoms with E-state index >= 15 is 0 Å². The number of carbonyl (C=O) groups excluding carboxylic acids is 1. The number of rotatable bonds is 7. The summed E-state index contributed by atoms with van der Waals surface area (Å²) in [5.41, 5.74) is 12.2. The monoisotopic (exact) mass is 530 g/mol. The molecule has 0 aliphatic rings. The fourth-order valence-electron chi connectivity index (χ4n) is 3.88. The lowest BCUT2D eigenvalue weighted by atomic mass is 9.85. The highest BCUT2D eigenvalue weighted by molar-refractivity contribution is 5.96. The number of halogens is 3. The molecule has 1 amide bonds. The molecule has 0 saturated heterocycles. The first-order valence-electron chi connectivity index (χ1n) is 10.6. The van der Waals surface area contributed by atoms with Crippen molar-refractivity contribution in [1.29, 1.82) is 0 Å². The van der Waals surface area contributed by atoms with E-state index in [4.69, 9.17) is 5.73 Å². The SMILES string of the molecule is CNc1cnccc1-c1ccc(NC(=O)C(N)C(c2ccccc2)c2ccccc2)cc1.Cl.Cl.Cl. The summed E-state index contributed by atoms with van der Waals surface area (Å²) in [7, 11) is 1.87. The van der Waals surface area contributed by atoms with E-state index in [2.05, 4.69) is 15.6 Å². The summed E-state index contributed by atoms with van der Waals surface area (Å²) in [6.07, 6.45) is 3.55. The fourth-order valence-corrected chi connectivity index (χ4v) is 3.88. The quantitative estimate of drug-likeness (QED) is 0.267. The van der Waals surface area contributed by atoms with Gasteiger partial charge in [0.05, 0.1) is 17.9 Å². The van der Waals surface area contributed by atoms with Crippen molar-refractivity contribution < 1.29 is 4.79 Å². The van der Waals surface area contributed by atoms with E-state index in [-0.39, 0.29) is 49.0 Å². The van der Waals surface area contributed by atoms with Gasteiger partial charge in [0, 0.05) is 30.4 Å². The van der Waals surface area contributed by atoms with Gasteiger partial charge in [0.1, 0.15) is 0 Å². The van der Waals surface area contributed by atoms with Crippen LogP contribution in [-0.4, -0.2) is 24.0 Å². The molecular weight excluding hydrogens is 503 g/mol. The Morgan fingerprint density at radius 3 is 1.86 bits per heavy atom. The van der Waals surface area contributed by atoms with Gasteiger partial charge < -0.3 is 16.4 Å². The average Bonchev–Trinajstić information content (AvgIpc) is 2.86. The van der Waals surface area contributed by atoms with Gasteiger partial charge in [-0.05, 0) is 34.9 Å². The van der Waals surface area contributed by atoms with Crippen LogP contribution in [0.1, 0.15) is 17.0 Å². The topological polar surface area (TPSA) is 80.0 Å². The minimum atomic E-state index is -0.740. The molecule has 5 nitrogen and oxygen atoms in total. The van der Waals surface area contributed by atoms with Crippen LogP contribution in [0.5, 0.6) is 0 Å². The van der Waals surface area contributed by atoms with Crippen LogP contribution < -0.4 is 16.4 Å². The highest BCUT2D eigenvalue weighted by atomic mass is 35.5. The average molecular weight is 532 g/mol. The summed E-state index contributed by atoms with van der Waals surface area (Å²) >= 11 is 0. The molecule has 1 heterocycles. The minimum absolute atomic E-state index is 0. The van der Waals surface area contributed by atoms with Crippen LogP contribution in [0.25, 0.3) is 11.1 Å². The summed E-state index contributed by atoms with van der Waals surface area (Å²) < 4.78 is 0. The highest BCUT2D eigenvalue weighted by Gasteiger charge is 2.27. The normalized spacial score (nSPS) is 10.7. The fraction of sp³-hybridized carbons (Fsp3) is 0.111. The Labute approximate surface area is 224 Å². The van der Waals surface area contributed by atoms with Crippen molar-refractivity contribution in [2.24, 2.45) is 5.73 Å². The Bertz CT molecular complexity index is 1140. The number of hydrogen-bond donors (Lipinski definition) is 3. The second kappa shape index (κ2) is 14.3. The first-order chi connectivity index (χ1) is 15.7. The molecule has 35 heavy (non-hydrogen) atoms. The second-order valence-corrected chi connectivity index (χ2v) is 7.56. The zero-order chi connectivity index (χ0) is 22.3. The van der Waals surface area contributed by atoms with Gasteiger partial charge in [-0.1, -0.05) is 72.8 Å². The Morgan fingerprint density at radius 1 is 0.800 bits per heavy atom. The van der Waals surface area contributed by atoms with E-state index in [1.807, 2.05) is 98.0 Å². The predicted octanol–water partition coefficient (Wildman–Crippen LogP) is 6.15. The van der Waals surface area contributed by atoms with Crippen LogP contribution in [0.3, 0.4) is 0 Å². The van der Waals surface area contributed by atoms with E-state index in [0.717, 1.165) is 27.9 Å². The summed E-state index contributed by atoms with van der Waals surface area (Å²) in [5.74, 6) is -0.470. The smallest absolute Gasteiger partial charge is 0.242 e. The Morgan fingerprint density at radius 2 is 1.34 bits per heavy atom. The Kier molecular flexibility index (Phi) is 12.3. The molecule has 0 aliphatic carbocycles. The van der Waals surface area contributed by atoms with Gasteiger partial charge >= 0.3 is 0 Å². The van der Waals surface area contributed by atoms with Crippen LogP contribution in [0.15, 0.2) is 103 Å². The van der Waals surface area contributed by atoms with Crippen molar-refractivity contribution in [1.82, 2.24) is 4.98 Å². The Hall–Kier alpha value is -3.09. The molecule has 0 bridgehead atoms. The number of nitrogens with two attached hydrogens (primary N) is 1. The largest absolute Gasteiger partial charge is 0.386 e. The van der Waals surface area contributed by atoms with Gasteiger partial charge in [-0.3, -0.25) is 9.78 Å². The third-order valence-corrected chi connectivity index (χ3v) is 5.53. The molecule has 3 aromatic carbocycles. The maximum atomic E-state index is 13.1. The van der Waals surface area contributed by atoms with E-state index in [1.54, 1.807) is 12.4 Å². The molecule has 4 N–H and O–H groups in total. The number of amides is 1. The van der Waals surface area contributed by atoms with Crippen LogP contribution >= 0.6 is 37.2 Å². The van der Waals surface area contributed by atoms with Gasteiger partial charge in [-0.15, -0.1) is 37.2 Å². The summed E-state index contributed by atoms with van der Waals surface area (Å²) in [6, 6.07) is 28.8. The van der Waals surface area contributed by atoms with E-state index in [0.29, 0.717) is 5.69 Å². The molecule has 4 rings (SSSR count). The molecule has 1 atom stereocenters. The molecule has 1 unspecified atom stereocenters.